The lowest BCUT2D eigenvalue weighted by atomic mass is 9.92. The van der Waals surface area contributed by atoms with Crippen molar-refractivity contribution in [1.82, 2.24) is 26.2 Å². The van der Waals surface area contributed by atoms with Gasteiger partial charge in [-0.3, -0.25) is 24.0 Å². The fourth-order valence-electron chi connectivity index (χ4n) is 4.29. The van der Waals surface area contributed by atoms with E-state index in [4.69, 9.17) is 5.11 Å². The molecule has 0 aromatic carbocycles. The minimum absolute atomic E-state index is 0.0334. The van der Waals surface area contributed by atoms with Gasteiger partial charge in [0.05, 0.1) is 12.3 Å². The van der Waals surface area contributed by atoms with Crippen LogP contribution >= 0.6 is 0 Å². The van der Waals surface area contributed by atoms with Gasteiger partial charge in [0.1, 0.15) is 6.17 Å². The van der Waals surface area contributed by atoms with Crippen molar-refractivity contribution in [2.24, 2.45) is 11.8 Å². The minimum Gasteiger partial charge on any atom is -0.481 e. The Morgan fingerprint density at radius 2 is 1.79 bits per heavy atom. The fourth-order valence-corrected chi connectivity index (χ4v) is 4.29. The first-order valence-corrected chi connectivity index (χ1v) is 11.8. The summed E-state index contributed by atoms with van der Waals surface area (Å²) in [5, 5.41) is 20.0. The molecule has 2 aliphatic rings. The Balaban J connectivity index is 1.82. The Labute approximate surface area is 194 Å². The van der Waals surface area contributed by atoms with Crippen molar-refractivity contribution in [3.05, 3.63) is 0 Å². The maximum absolute atomic E-state index is 12.8. The fraction of sp³-hybridized carbons (Fsp3) is 0.773. The average molecular weight is 468 g/mol. The third kappa shape index (κ3) is 10.2. The Bertz CT molecular complexity index is 709. The highest BCUT2D eigenvalue weighted by molar-refractivity contribution is 5.83. The maximum Gasteiger partial charge on any atom is 0.307 e. The number of carbonyl (C=O) groups excluding carboxylic acids is 4. The van der Waals surface area contributed by atoms with Crippen molar-refractivity contribution in [3.63, 3.8) is 0 Å². The van der Waals surface area contributed by atoms with Crippen molar-refractivity contribution >= 4 is 29.6 Å². The summed E-state index contributed by atoms with van der Waals surface area (Å²) >= 11 is 0. The molecule has 2 aliphatic heterocycles. The third-order valence-corrected chi connectivity index (χ3v) is 6.13. The van der Waals surface area contributed by atoms with E-state index in [0.717, 1.165) is 32.4 Å². The van der Waals surface area contributed by atoms with E-state index in [2.05, 4.69) is 21.3 Å². The molecule has 0 aromatic heterocycles. The van der Waals surface area contributed by atoms with Gasteiger partial charge < -0.3 is 31.3 Å². The summed E-state index contributed by atoms with van der Waals surface area (Å²) in [6.07, 6.45) is 3.23. The number of nitrogens with zero attached hydrogens (tertiary/aromatic N) is 1. The highest BCUT2D eigenvalue weighted by Gasteiger charge is 2.30. The van der Waals surface area contributed by atoms with Crippen LogP contribution in [0.3, 0.4) is 0 Å². The quantitative estimate of drug-likeness (QED) is 0.258. The second kappa shape index (κ2) is 13.8. The second-order valence-electron chi connectivity index (χ2n) is 8.87. The van der Waals surface area contributed by atoms with Crippen molar-refractivity contribution in [2.75, 3.05) is 32.7 Å². The molecule has 2 rings (SSSR count). The number of hydrogen-bond donors (Lipinski definition) is 5. The number of rotatable bonds is 11. The number of carbonyl (C=O) groups is 5. The van der Waals surface area contributed by atoms with Crippen LogP contribution in [0.15, 0.2) is 0 Å². The number of aliphatic carboxylic acids is 1. The van der Waals surface area contributed by atoms with Crippen LogP contribution in [0.4, 0.5) is 0 Å². The lowest BCUT2D eigenvalue weighted by Gasteiger charge is -2.33. The zero-order valence-electron chi connectivity index (χ0n) is 19.4. The van der Waals surface area contributed by atoms with Crippen LogP contribution in [0.25, 0.3) is 0 Å². The minimum atomic E-state index is -1.17. The zero-order valence-corrected chi connectivity index (χ0v) is 19.4. The van der Waals surface area contributed by atoms with E-state index >= 15 is 0 Å². The number of amides is 4. The van der Waals surface area contributed by atoms with Crippen molar-refractivity contribution in [3.8, 4) is 0 Å². The standard InChI is InChI=1S/C22H37N5O6/c1-15(28)24-11-8-19(29)25-18(13-21(31)32)26-22(33)17-3-2-12-27(14-17)20(30)5-4-16-6-9-23-10-7-16/h16-18,23H,2-14H2,1H3,(H,24,28)(H,25,29)(H,26,33)(H,31,32)/t17-,18+/m1/s1. The van der Waals surface area contributed by atoms with E-state index < -0.39 is 30.4 Å². The zero-order chi connectivity index (χ0) is 24.2. The lowest BCUT2D eigenvalue weighted by Crippen LogP contribution is -2.53. The van der Waals surface area contributed by atoms with Crippen LogP contribution in [0.1, 0.15) is 58.3 Å². The van der Waals surface area contributed by atoms with Gasteiger partial charge >= 0.3 is 5.97 Å². The van der Waals surface area contributed by atoms with Gasteiger partial charge in [-0.2, -0.15) is 0 Å². The molecule has 2 saturated heterocycles. The van der Waals surface area contributed by atoms with Crippen LogP contribution in [0.2, 0.25) is 0 Å². The van der Waals surface area contributed by atoms with Crippen LogP contribution in [-0.2, 0) is 24.0 Å². The molecule has 0 spiro atoms. The average Bonchev–Trinajstić information content (AvgIpc) is 2.77. The van der Waals surface area contributed by atoms with E-state index in [1.54, 1.807) is 4.90 Å². The molecule has 0 saturated carbocycles. The van der Waals surface area contributed by atoms with Crippen LogP contribution in [0.5, 0.6) is 0 Å². The van der Waals surface area contributed by atoms with Crippen molar-refractivity contribution in [2.45, 2.75) is 64.5 Å². The molecule has 0 unspecified atom stereocenters. The Hall–Kier alpha value is -2.69. The highest BCUT2D eigenvalue weighted by atomic mass is 16.4. The molecule has 2 heterocycles. The van der Waals surface area contributed by atoms with Gasteiger partial charge in [0.2, 0.25) is 23.6 Å². The molecule has 33 heavy (non-hydrogen) atoms. The first-order valence-electron chi connectivity index (χ1n) is 11.8. The van der Waals surface area contributed by atoms with Crippen molar-refractivity contribution < 1.29 is 29.1 Å². The summed E-state index contributed by atoms with van der Waals surface area (Å²) in [6.45, 7) is 4.35. The SMILES string of the molecule is CC(=O)NCCC(=O)N[C@H](CC(=O)O)NC(=O)[C@@H]1CCCN(C(=O)CCC2CCNCC2)C1. The summed E-state index contributed by atoms with van der Waals surface area (Å²) in [4.78, 5) is 61.3. The molecule has 11 heteroatoms. The van der Waals surface area contributed by atoms with Crippen LogP contribution in [0, 0.1) is 11.8 Å². The number of hydrogen-bond acceptors (Lipinski definition) is 6. The van der Waals surface area contributed by atoms with E-state index in [0.29, 0.717) is 38.3 Å². The number of nitrogens with one attached hydrogen (secondary N) is 4. The predicted octanol–water partition coefficient (Wildman–Crippen LogP) is -0.436. The number of carboxylic acid groups (broad SMARTS) is 1. The Kier molecular flexibility index (Phi) is 11.1. The number of likely N-dealkylation sites (tertiary alicyclic amines) is 1. The van der Waals surface area contributed by atoms with Crippen molar-refractivity contribution in [1.29, 1.82) is 0 Å². The van der Waals surface area contributed by atoms with E-state index in [9.17, 15) is 24.0 Å². The number of piperidine rings is 2. The van der Waals surface area contributed by atoms with E-state index in [-0.39, 0.29) is 30.7 Å². The molecule has 0 aromatic rings. The smallest absolute Gasteiger partial charge is 0.307 e. The Morgan fingerprint density at radius 3 is 2.45 bits per heavy atom. The van der Waals surface area contributed by atoms with Gasteiger partial charge in [-0.15, -0.1) is 0 Å². The van der Waals surface area contributed by atoms with Gasteiger partial charge in [-0.25, -0.2) is 0 Å². The number of carboxylic acids is 1. The predicted molar refractivity (Wildman–Crippen MR) is 120 cm³/mol. The summed E-state index contributed by atoms with van der Waals surface area (Å²) in [7, 11) is 0. The monoisotopic (exact) mass is 467 g/mol. The third-order valence-electron chi connectivity index (χ3n) is 6.13. The molecule has 2 fully saturated rings. The topological polar surface area (TPSA) is 157 Å². The lowest BCUT2D eigenvalue weighted by molar-refractivity contribution is -0.138. The van der Waals surface area contributed by atoms with Gasteiger partial charge in [-0.1, -0.05) is 0 Å². The molecule has 0 bridgehead atoms. The first-order chi connectivity index (χ1) is 15.7. The summed E-state index contributed by atoms with van der Waals surface area (Å²) in [5.74, 6) is -2.13. The molecule has 11 nitrogen and oxygen atoms in total. The van der Waals surface area contributed by atoms with Crippen LogP contribution in [-0.4, -0.2) is 78.5 Å². The first kappa shape index (κ1) is 26.6. The summed E-state index contributed by atoms with van der Waals surface area (Å²) < 4.78 is 0. The van der Waals surface area contributed by atoms with E-state index in [1.165, 1.54) is 6.92 Å². The molecule has 4 amide bonds. The molecule has 5 N–H and O–H groups in total. The molecule has 186 valence electrons. The molecule has 0 aliphatic carbocycles. The molecule has 2 atom stereocenters. The van der Waals surface area contributed by atoms with Gasteiger partial charge in [-0.05, 0) is 51.1 Å². The van der Waals surface area contributed by atoms with Crippen LogP contribution < -0.4 is 21.3 Å². The van der Waals surface area contributed by atoms with Gasteiger partial charge in [0.25, 0.3) is 0 Å². The van der Waals surface area contributed by atoms with Gasteiger partial charge in [0, 0.05) is 39.4 Å². The van der Waals surface area contributed by atoms with E-state index in [1.807, 2.05) is 0 Å². The normalized spacial score (nSPS) is 19.9. The maximum atomic E-state index is 12.8. The largest absolute Gasteiger partial charge is 0.481 e. The molecular weight excluding hydrogens is 430 g/mol. The molecule has 0 radical (unpaired) electrons. The second-order valence-corrected chi connectivity index (χ2v) is 8.87. The Morgan fingerprint density at radius 1 is 1.06 bits per heavy atom. The van der Waals surface area contributed by atoms with Gasteiger partial charge in [0.15, 0.2) is 0 Å². The molecular formula is C22H37N5O6. The summed E-state index contributed by atoms with van der Waals surface area (Å²) in [5.41, 5.74) is 0. The summed E-state index contributed by atoms with van der Waals surface area (Å²) in [6, 6.07) is 0. The highest BCUT2D eigenvalue weighted by Crippen LogP contribution is 2.21.